The smallest absolute Gasteiger partial charge is 0.225 e. The van der Waals surface area contributed by atoms with Crippen LogP contribution in [0.2, 0.25) is 0 Å². The van der Waals surface area contributed by atoms with Gasteiger partial charge in [0, 0.05) is 29.6 Å². The lowest BCUT2D eigenvalue weighted by atomic mass is 10.1. The monoisotopic (exact) mass is 369 g/mol. The van der Waals surface area contributed by atoms with Gasteiger partial charge in [0.1, 0.15) is 16.8 Å². The van der Waals surface area contributed by atoms with Gasteiger partial charge in [0.15, 0.2) is 0 Å². The Labute approximate surface area is 158 Å². The molecule has 0 atom stereocenters. The van der Waals surface area contributed by atoms with Crippen LogP contribution in [-0.4, -0.2) is 23.8 Å². The Hall–Kier alpha value is -2.52. The van der Waals surface area contributed by atoms with Gasteiger partial charge in [-0.1, -0.05) is 19.9 Å². The fourth-order valence-corrected chi connectivity index (χ4v) is 3.30. The summed E-state index contributed by atoms with van der Waals surface area (Å²) in [5.74, 6) is 1.68. The summed E-state index contributed by atoms with van der Waals surface area (Å²) in [6.07, 6.45) is 1.21. The summed E-state index contributed by atoms with van der Waals surface area (Å²) in [6.45, 7) is 4.27. The fraction of sp³-hybridized carbons (Fsp3) is 0.350. The van der Waals surface area contributed by atoms with Gasteiger partial charge in [-0.15, -0.1) is 11.8 Å². The zero-order chi connectivity index (χ0) is 18.9. The Morgan fingerprint density at radius 1 is 1.35 bits per heavy atom. The van der Waals surface area contributed by atoms with Gasteiger partial charge in [-0.05, 0) is 36.6 Å². The second kappa shape index (κ2) is 9.83. The zero-order valence-electron chi connectivity index (χ0n) is 15.3. The molecule has 6 heteroatoms. The molecule has 0 spiro atoms. The quantitative estimate of drug-likeness (QED) is 0.703. The van der Waals surface area contributed by atoms with Crippen LogP contribution >= 0.6 is 11.8 Å². The number of aromatic nitrogens is 1. The molecule has 0 saturated carbocycles. The molecule has 0 saturated heterocycles. The van der Waals surface area contributed by atoms with Crippen LogP contribution in [0.15, 0.2) is 41.4 Å². The van der Waals surface area contributed by atoms with Crippen LogP contribution in [0.3, 0.4) is 0 Å². The summed E-state index contributed by atoms with van der Waals surface area (Å²) in [7, 11) is 1.59. The van der Waals surface area contributed by atoms with E-state index in [0.717, 1.165) is 12.1 Å². The number of methoxy groups -OCH3 is 1. The van der Waals surface area contributed by atoms with Crippen LogP contribution in [0.1, 0.15) is 31.5 Å². The number of nitrogens with one attached hydrogen (secondary N) is 1. The van der Waals surface area contributed by atoms with Crippen molar-refractivity contribution in [1.82, 2.24) is 4.98 Å². The van der Waals surface area contributed by atoms with Gasteiger partial charge in [-0.3, -0.25) is 4.79 Å². The predicted molar refractivity (Wildman–Crippen MR) is 104 cm³/mol. The van der Waals surface area contributed by atoms with Crippen LogP contribution in [0.25, 0.3) is 0 Å². The minimum absolute atomic E-state index is 0.0809. The molecule has 0 aliphatic carbocycles. The number of hydrogen-bond donors (Lipinski definition) is 1. The summed E-state index contributed by atoms with van der Waals surface area (Å²) in [6, 6.07) is 13.1. The molecular formula is C20H23N3O2S. The highest BCUT2D eigenvalue weighted by atomic mass is 32.2. The number of carbonyl (C=O) groups excluding carboxylic acids is 1. The number of anilines is 1. The fourth-order valence-electron chi connectivity index (χ4n) is 2.37. The van der Waals surface area contributed by atoms with E-state index in [2.05, 4.69) is 30.2 Å². The largest absolute Gasteiger partial charge is 0.497 e. The van der Waals surface area contributed by atoms with E-state index in [1.807, 2.05) is 30.3 Å². The van der Waals surface area contributed by atoms with E-state index in [1.54, 1.807) is 13.2 Å². The van der Waals surface area contributed by atoms with Crippen LogP contribution < -0.4 is 10.1 Å². The van der Waals surface area contributed by atoms with Crippen molar-refractivity contribution in [3.8, 4) is 11.8 Å². The van der Waals surface area contributed by atoms with E-state index in [-0.39, 0.29) is 5.91 Å². The topological polar surface area (TPSA) is 75.0 Å². The molecule has 136 valence electrons. The number of nitrogens with zero attached hydrogens (tertiary/aromatic N) is 2. The average molecular weight is 369 g/mol. The maximum absolute atomic E-state index is 12.1. The van der Waals surface area contributed by atoms with Gasteiger partial charge in [0.05, 0.1) is 12.7 Å². The second-order valence-electron chi connectivity index (χ2n) is 6.24. The number of thioether (sulfide) groups is 1. The minimum Gasteiger partial charge on any atom is -0.497 e. The molecule has 0 unspecified atom stereocenters. The van der Waals surface area contributed by atoms with Crippen molar-refractivity contribution in [3.63, 3.8) is 0 Å². The Morgan fingerprint density at radius 2 is 2.15 bits per heavy atom. The van der Waals surface area contributed by atoms with Gasteiger partial charge in [0.25, 0.3) is 0 Å². The highest BCUT2D eigenvalue weighted by Crippen LogP contribution is 2.23. The molecule has 1 amide bonds. The Kier molecular flexibility index (Phi) is 7.49. The number of hydrogen-bond acceptors (Lipinski definition) is 5. The van der Waals surface area contributed by atoms with Crippen LogP contribution in [0.4, 0.5) is 5.69 Å². The number of ether oxygens (including phenoxy) is 1. The lowest BCUT2D eigenvalue weighted by molar-refractivity contribution is -0.115. The number of benzene rings is 1. The van der Waals surface area contributed by atoms with Gasteiger partial charge in [-0.25, -0.2) is 4.98 Å². The van der Waals surface area contributed by atoms with Crippen molar-refractivity contribution >= 4 is 23.4 Å². The summed E-state index contributed by atoms with van der Waals surface area (Å²) in [5, 5.41) is 12.8. The number of rotatable bonds is 8. The van der Waals surface area contributed by atoms with Gasteiger partial charge in [0.2, 0.25) is 5.91 Å². The Morgan fingerprint density at radius 3 is 2.85 bits per heavy atom. The molecule has 0 aliphatic rings. The molecular weight excluding hydrogens is 346 g/mol. The first-order valence-electron chi connectivity index (χ1n) is 8.48. The van der Waals surface area contributed by atoms with E-state index in [9.17, 15) is 10.1 Å². The number of amides is 1. The normalized spacial score (nSPS) is 10.4. The molecule has 1 aromatic heterocycles. The Balaban J connectivity index is 1.92. The van der Waals surface area contributed by atoms with E-state index in [4.69, 9.17) is 4.74 Å². The third kappa shape index (κ3) is 6.08. The van der Waals surface area contributed by atoms with Crippen molar-refractivity contribution in [3.05, 3.63) is 47.7 Å². The SMILES string of the molecule is COc1cccc(NC(=O)CCSc2nc(CC(C)C)ccc2C#N)c1. The summed E-state index contributed by atoms with van der Waals surface area (Å²) in [4.78, 5) is 16.7. The summed E-state index contributed by atoms with van der Waals surface area (Å²) >= 11 is 1.44. The van der Waals surface area contributed by atoms with Crippen LogP contribution in [0, 0.1) is 17.2 Å². The number of carbonyl (C=O) groups is 1. The first-order valence-corrected chi connectivity index (χ1v) is 9.47. The Bertz CT molecular complexity index is 800. The highest BCUT2D eigenvalue weighted by Gasteiger charge is 2.10. The minimum atomic E-state index is -0.0809. The third-order valence-electron chi connectivity index (χ3n) is 3.58. The molecule has 0 aliphatic heterocycles. The molecule has 2 aromatic rings. The molecule has 1 heterocycles. The standard InChI is InChI=1S/C20H23N3O2S/c1-14(2)11-17-8-7-15(13-21)20(23-17)26-10-9-19(24)22-16-5-4-6-18(12-16)25-3/h4-8,12,14H,9-11H2,1-3H3,(H,22,24). The molecule has 26 heavy (non-hydrogen) atoms. The average Bonchev–Trinajstić information content (AvgIpc) is 2.61. The van der Waals surface area contributed by atoms with Crippen molar-refractivity contribution < 1.29 is 9.53 Å². The molecule has 0 radical (unpaired) electrons. The summed E-state index contributed by atoms with van der Waals surface area (Å²) < 4.78 is 5.15. The van der Waals surface area contributed by atoms with E-state index < -0.39 is 0 Å². The maximum atomic E-state index is 12.1. The van der Waals surface area contributed by atoms with Crippen molar-refractivity contribution in [1.29, 1.82) is 5.26 Å². The third-order valence-corrected chi connectivity index (χ3v) is 4.57. The van der Waals surface area contributed by atoms with Crippen molar-refractivity contribution in [2.75, 3.05) is 18.2 Å². The molecule has 1 N–H and O–H groups in total. The molecule has 0 bridgehead atoms. The summed E-state index contributed by atoms with van der Waals surface area (Å²) in [5.41, 5.74) is 2.23. The second-order valence-corrected chi connectivity index (χ2v) is 7.33. The van der Waals surface area contributed by atoms with Gasteiger partial charge < -0.3 is 10.1 Å². The van der Waals surface area contributed by atoms with Crippen LogP contribution in [0.5, 0.6) is 5.75 Å². The molecule has 2 rings (SSSR count). The molecule has 1 aromatic carbocycles. The number of nitriles is 1. The maximum Gasteiger partial charge on any atom is 0.225 e. The van der Waals surface area contributed by atoms with Crippen molar-refractivity contribution in [2.24, 2.45) is 5.92 Å². The van der Waals surface area contributed by atoms with Crippen molar-refractivity contribution in [2.45, 2.75) is 31.7 Å². The number of pyridine rings is 1. The first kappa shape index (κ1) is 19.8. The van der Waals surface area contributed by atoms with E-state index >= 15 is 0 Å². The predicted octanol–water partition coefficient (Wildman–Crippen LogP) is 4.28. The van der Waals surface area contributed by atoms with Gasteiger partial charge >= 0.3 is 0 Å². The molecule has 0 fully saturated rings. The van der Waals surface area contributed by atoms with E-state index in [1.165, 1.54) is 11.8 Å². The lowest BCUT2D eigenvalue weighted by Crippen LogP contribution is -2.12. The van der Waals surface area contributed by atoms with Gasteiger partial charge in [-0.2, -0.15) is 5.26 Å². The highest BCUT2D eigenvalue weighted by molar-refractivity contribution is 7.99. The van der Waals surface area contributed by atoms with Crippen LogP contribution in [-0.2, 0) is 11.2 Å². The molecule has 5 nitrogen and oxygen atoms in total. The first-order chi connectivity index (χ1) is 12.5. The lowest BCUT2D eigenvalue weighted by Gasteiger charge is -2.09. The van der Waals surface area contributed by atoms with E-state index in [0.29, 0.717) is 40.1 Å². The zero-order valence-corrected chi connectivity index (χ0v) is 16.1.